The van der Waals surface area contributed by atoms with Crippen LogP contribution in [0.5, 0.6) is 0 Å². The molecule has 4 aromatic rings. The molecule has 10 heteroatoms. The first kappa shape index (κ1) is 25.1. The highest BCUT2D eigenvalue weighted by Gasteiger charge is 2.28. The van der Waals surface area contributed by atoms with Crippen molar-refractivity contribution in [1.82, 2.24) is 20.5 Å². The number of methoxy groups -OCH3 is 1. The van der Waals surface area contributed by atoms with E-state index in [0.717, 1.165) is 18.2 Å². The van der Waals surface area contributed by atoms with Gasteiger partial charge in [0.2, 0.25) is 0 Å². The van der Waals surface area contributed by atoms with Gasteiger partial charge in [-0.2, -0.15) is 5.10 Å². The van der Waals surface area contributed by atoms with E-state index in [4.69, 9.17) is 4.74 Å². The van der Waals surface area contributed by atoms with Crippen LogP contribution in [0.2, 0.25) is 0 Å². The zero-order valence-corrected chi connectivity index (χ0v) is 19.2. The minimum atomic E-state index is -1.09. The van der Waals surface area contributed by atoms with E-state index >= 15 is 4.39 Å². The first-order valence-corrected chi connectivity index (χ1v) is 11.1. The third kappa shape index (κ3) is 5.45. The Balaban J connectivity index is 1.67. The molecule has 36 heavy (non-hydrogen) atoms. The number of ether oxygens (including phenoxy) is 1. The van der Waals surface area contributed by atoms with Gasteiger partial charge in [-0.25, -0.2) is 13.2 Å². The van der Waals surface area contributed by atoms with Crippen molar-refractivity contribution < 1.29 is 27.8 Å². The number of nitrogens with zero attached hydrogens (tertiary/aromatic N) is 2. The molecule has 0 radical (unpaired) electrons. The van der Waals surface area contributed by atoms with Gasteiger partial charge in [-0.15, -0.1) is 0 Å². The molecular formula is C26H23F3N4O3. The second-order valence-electron chi connectivity index (χ2n) is 8.06. The first-order chi connectivity index (χ1) is 17.4. The predicted octanol–water partition coefficient (Wildman–Crippen LogP) is 3.90. The molecule has 1 amide bonds. The Hall–Kier alpha value is -4.02. The Morgan fingerprint density at radius 1 is 1.08 bits per heavy atom. The number of aromatic nitrogens is 3. The molecule has 0 unspecified atom stereocenters. The SMILES string of the molecule is COC[C@@H](O)[C@@H](Cc1ccccn1)NC(=O)c1cccc(F)c1-c1n[nH]c(-c2ccc(F)cc2)c1F. The second-order valence-corrected chi connectivity index (χ2v) is 8.06. The number of H-pyrrole nitrogens is 1. The number of halogens is 3. The molecule has 0 saturated heterocycles. The lowest BCUT2D eigenvalue weighted by molar-refractivity contribution is 0.0369. The van der Waals surface area contributed by atoms with Gasteiger partial charge in [0.1, 0.15) is 23.0 Å². The van der Waals surface area contributed by atoms with Crippen LogP contribution in [-0.4, -0.2) is 52.1 Å². The Bertz CT molecular complexity index is 1330. The molecule has 4 rings (SSSR count). The van der Waals surface area contributed by atoms with Crippen molar-refractivity contribution in [3.05, 3.63) is 95.6 Å². The van der Waals surface area contributed by atoms with Crippen LogP contribution in [0.15, 0.2) is 66.9 Å². The van der Waals surface area contributed by atoms with Crippen LogP contribution in [0.3, 0.4) is 0 Å². The molecule has 0 spiro atoms. The number of pyridine rings is 1. The number of aliphatic hydroxyl groups excluding tert-OH is 1. The molecule has 7 nitrogen and oxygen atoms in total. The van der Waals surface area contributed by atoms with Crippen molar-refractivity contribution in [2.45, 2.75) is 18.6 Å². The van der Waals surface area contributed by atoms with Crippen molar-refractivity contribution in [1.29, 1.82) is 0 Å². The van der Waals surface area contributed by atoms with Gasteiger partial charge in [-0.3, -0.25) is 14.9 Å². The number of carbonyl (C=O) groups excluding carboxylic acids is 1. The lowest BCUT2D eigenvalue weighted by atomic mass is 9.99. The van der Waals surface area contributed by atoms with E-state index < -0.39 is 41.2 Å². The number of hydrogen-bond donors (Lipinski definition) is 3. The maximum atomic E-state index is 15.4. The van der Waals surface area contributed by atoms with E-state index in [1.54, 1.807) is 24.4 Å². The summed E-state index contributed by atoms with van der Waals surface area (Å²) in [5, 5.41) is 19.7. The average molecular weight is 496 g/mol. The number of nitrogens with one attached hydrogen (secondary N) is 2. The van der Waals surface area contributed by atoms with Crippen LogP contribution in [0.25, 0.3) is 22.5 Å². The van der Waals surface area contributed by atoms with Gasteiger partial charge in [0.25, 0.3) is 5.91 Å². The molecule has 2 aromatic heterocycles. The summed E-state index contributed by atoms with van der Waals surface area (Å²) >= 11 is 0. The normalized spacial score (nSPS) is 12.8. The number of hydrogen-bond acceptors (Lipinski definition) is 5. The van der Waals surface area contributed by atoms with Crippen molar-refractivity contribution >= 4 is 5.91 Å². The molecule has 0 aliphatic rings. The zero-order chi connectivity index (χ0) is 25.7. The van der Waals surface area contributed by atoms with Crippen LogP contribution in [0.1, 0.15) is 16.1 Å². The van der Waals surface area contributed by atoms with Crippen molar-refractivity contribution in [3.8, 4) is 22.5 Å². The summed E-state index contributed by atoms with van der Waals surface area (Å²) in [4.78, 5) is 17.5. The van der Waals surface area contributed by atoms with Crippen LogP contribution < -0.4 is 5.32 Å². The van der Waals surface area contributed by atoms with Gasteiger partial charge in [-0.05, 0) is 48.5 Å². The average Bonchev–Trinajstić information content (AvgIpc) is 3.25. The number of carbonyl (C=O) groups is 1. The van der Waals surface area contributed by atoms with Gasteiger partial charge < -0.3 is 15.2 Å². The highest BCUT2D eigenvalue weighted by molar-refractivity contribution is 6.01. The fourth-order valence-electron chi connectivity index (χ4n) is 3.82. The Morgan fingerprint density at radius 3 is 2.56 bits per heavy atom. The van der Waals surface area contributed by atoms with E-state index in [1.165, 1.54) is 31.4 Å². The quantitative estimate of drug-likeness (QED) is 0.326. The maximum absolute atomic E-state index is 15.4. The third-order valence-corrected chi connectivity index (χ3v) is 5.61. The van der Waals surface area contributed by atoms with Gasteiger partial charge in [-0.1, -0.05) is 12.1 Å². The van der Waals surface area contributed by atoms with Crippen LogP contribution in [-0.2, 0) is 11.2 Å². The highest BCUT2D eigenvalue weighted by atomic mass is 19.1. The van der Waals surface area contributed by atoms with Crippen LogP contribution in [0.4, 0.5) is 13.2 Å². The van der Waals surface area contributed by atoms with E-state index in [-0.39, 0.29) is 29.8 Å². The molecule has 0 bridgehead atoms. The summed E-state index contributed by atoms with van der Waals surface area (Å²) in [5.41, 5.74) is -0.108. The summed E-state index contributed by atoms with van der Waals surface area (Å²) in [6.07, 6.45) is 0.665. The topological polar surface area (TPSA) is 100 Å². The largest absolute Gasteiger partial charge is 0.389 e. The highest BCUT2D eigenvalue weighted by Crippen LogP contribution is 2.32. The standard InChI is InChI=1S/C26H23F3N4O3/c1-36-14-21(34)20(13-17-5-2-3-12-30-17)31-26(35)18-6-4-7-19(28)22(18)25-23(29)24(32-33-25)15-8-10-16(27)11-9-15/h2-12,20-21,34H,13-14H2,1H3,(H,31,35)(H,32,33)/t20-,21-/m1/s1. The molecular weight excluding hydrogens is 473 g/mol. The molecule has 2 atom stereocenters. The number of aromatic amines is 1. The monoisotopic (exact) mass is 496 g/mol. The smallest absolute Gasteiger partial charge is 0.252 e. The minimum absolute atomic E-state index is 0.0667. The third-order valence-electron chi connectivity index (χ3n) is 5.61. The summed E-state index contributed by atoms with van der Waals surface area (Å²) in [7, 11) is 1.41. The molecule has 0 fully saturated rings. The van der Waals surface area contributed by atoms with E-state index in [0.29, 0.717) is 11.3 Å². The van der Waals surface area contributed by atoms with Gasteiger partial charge in [0.05, 0.1) is 29.9 Å². The van der Waals surface area contributed by atoms with Crippen molar-refractivity contribution in [3.63, 3.8) is 0 Å². The zero-order valence-electron chi connectivity index (χ0n) is 19.2. The number of rotatable bonds is 9. The summed E-state index contributed by atoms with van der Waals surface area (Å²) < 4.78 is 48.6. The fraction of sp³-hybridized carbons (Fsp3) is 0.192. The molecule has 2 aromatic carbocycles. The molecule has 2 heterocycles. The van der Waals surface area contributed by atoms with E-state index in [1.807, 2.05) is 0 Å². The lowest BCUT2D eigenvalue weighted by Crippen LogP contribution is -2.47. The van der Waals surface area contributed by atoms with Crippen LogP contribution >= 0.6 is 0 Å². The Labute approximate surface area is 205 Å². The van der Waals surface area contributed by atoms with E-state index in [2.05, 4.69) is 20.5 Å². The van der Waals surface area contributed by atoms with Gasteiger partial charge in [0, 0.05) is 31.0 Å². The number of amides is 1. The lowest BCUT2D eigenvalue weighted by Gasteiger charge is -2.24. The summed E-state index contributed by atoms with van der Waals surface area (Å²) in [5.74, 6) is -3.00. The molecule has 0 saturated carbocycles. The fourth-order valence-corrected chi connectivity index (χ4v) is 3.82. The van der Waals surface area contributed by atoms with Crippen LogP contribution in [0, 0.1) is 17.5 Å². The van der Waals surface area contributed by atoms with Gasteiger partial charge >= 0.3 is 0 Å². The molecule has 0 aliphatic heterocycles. The molecule has 3 N–H and O–H groups in total. The molecule has 186 valence electrons. The number of aliphatic hydroxyl groups is 1. The summed E-state index contributed by atoms with van der Waals surface area (Å²) in [6, 6.07) is 13.2. The predicted molar refractivity (Wildman–Crippen MR) is 126 cm³/mol. The Morgan fingerprint density at radius 2 is 1.86 bits per heavy atom. The first-order valence-electron chi connectivity index (χ1n) is 11.1. The number of benzene rings is 2. The van der Waals surface area contributed by atoms with E-state index in [9.17, 15) is 18.7 Å². The maximum Gasteiger partial charge on any atom is 0.252 e. The van der Waals surface area contributed by atoms with Crippen molar-refractivity contribution in [2.24, 2.45) is 0 Å². The Kier molecular flexibility index (Phi) is 7.77. The molecule has 0 aliphatic carbocycles. The second kappa shape index (κ2) is 11.1. The van der Waals surface area contributed by atoms with Gasteiger partial charge in [0.15, 0.2) is 5.82 Å². The van der Waals surface area contributed by atoms with Crippen molar-refractivity contribution in [2.75, 3.05) is 13.7 Å². The summed E-state index contributed by atoms with van der Waals surface area (Å²) in [6.45, 7) is -0.0667. The minimum Gasteiger partial charge on any atom is -0.389 e.